The van der Waals surface area contributed by atoms with Crippen LogP contribution in [-0.2, 0) is 17.8 Å². The van der Waals surface area contributed by atoms with Gasteiger partial charge < -0.3 is 10.1 Å². The molecule has 3 aliphatic heterocycles. The number of ether oxygens (including phenoxy) is 1. The summed E-state index contributed by atoms with van der Waals surface area (Å²) in [5, 5.41) is 13.3. The first-order valence-electron chi connectivity index (χ1n) is 12.1. The topological polar surface area (TPSA) is 58.5 Å². The van der Waals surface area contributed by atoms with Gasteiger partial charge in [-0.1, -0.05) is 11.6 Å². The zero-order chi connectivity index (χ0) is 23.0. The molecule has 1 N–H and O–H groups in total. The van der Waals surface area contributed by atoms with Gasteiger partial charge in [-0.2, -0.15) is 0 Å². The lowest BCUT2D eigenvalue weighted by Crippen LogP contribution is -2.67. The molecule has 1 atom stereocenters. The van der Waals surface area contributed by atoms with Gasteiger partial charge in [-0.25, -0.2) is 4.39 Å². The fourth-order valence-electron chi connectivity index (χ4n) is 6.39. The number of allylic oxidation sites excluding steroid dienone is 2. The Kier molecular flexibility index (Phi) is 4.64. The molecular formula is C25H28ClFN6O. The predicted molar refractivity (Wildman–Crippen MR) is 126 cm³/mol. The molecule has 1 saturated heterocycles. The normalized spacial score (nSPS) is 26.4. The molecule has 1 aromatic carbocycles. The minimum atomic E-state index is -0.304. The lowest BCUT2D eigenvalue weighted by Gasteiger charge is -2.60. The Labute approximate surface area is 203 Å². The van der Waals surface area contributed by atoms with Crippen LogP contribution in [0.3, 0.4) is 0 Å². The first kappa shape index (κ1) is 20.9. The molecule has 1 spiro atoms. The number of aromatic nitrogens is 3. The van der Waals surface area contributed by atoms with Gasteiger partial charge in [-0.3, -0.25) is 14.4 Å². The Balaban J connectivity index is 1.10. The smallest absolute Gasteiger partial charge is 0.151 e. The van der Waals surface area contributed by atoms with Crippen LogP contribution in [0.5, 0.6) is 0 Å². The first-order valence-corrected chi connectivity index (χ1v) is 12.5. The summed E-state index contributed by atoms with van der Waals surface area (Å²) in [4.78, 5) is 4.84. The summed E-state index contributed by atoms with van der Waals surface area (Å²) in [6, 6.07) is 6.85. The van der Waals surface area contributed by atoms with Gasteiger partial charge in [0.15, 0.2) is 5.82 Å². The number of likely N-dealkylation sites (tertiary alicyclic amines) is 1. The molecule has 0 amide bonds. The van der Waals surface area contributed by atoms with E-state index < -0.39 is 0 Å². The minimum Gasteiger partial charge on any atom is -0.497 e. The summed E-state index contributed by atoms with van der Waals surface area (Å²) in [6.07, 6.45) is 7.51. The van der Waals surface area contributed by atoms with Gasteiger partial charge in [0.25, 0.3) is 0 Å². The SMILES string of the molecule is COC1=CC(F)=CNC1N1CC2(CC(c3nnc4n3-c3ccc(Cl)cc3CN(C3CC3)C4)C2)C1. The number of fused-ring (bicyclic) bond motifs is 3. The average Bonchev–Trinajstić information content (AvgIpc) is 3.56. The van der Waals surface area contributed by atoms with Gasteiger partial charge in [0.1, 0.15) is 23.6 Å². The van der Waals surface area contributed by atoms with Gasteiger partial charge in [-0.15, -0.1) is 10.2 Å². The third kappa shape index (κ3) is 3.30. The van der Waals surface area contributed by atoms with E-state index in [1.807, 2.05) is 6.07 Å². The van der Waals surface area contributed by atoms with Crippen LogP contribution in [0.15, 0.2) is 42.1 Å². The maximum absolute atomic E-state index is 13.6. The molecule has 2 saturated carbocycles. The second kappa shape index (κ2) is 7.54. The van der Waals surface area contributed by atoms with Gasteiger partial charge >= 0.3 is 0 Å². The van der Waals surface area contributed by atoms with Crippen molar-refractivity contribution in [2.24, 2.45) is 5.41 Å². The molecule has 34 heavy (non-hydrogen) atoms. The number of rotatable bonds is 4. The number of nitrogens with one attached hydrogen (secondary N) is 1. The van der Waals surface area contributed by atoms with Gasteiger partial charge in [0, 0.05) is 48.9 Å². The van der Waals surface area contributed by atoms with Crippen molar-refractivity contribution in [1.82, 2.24) is 29.9 Å². The molecule has 0 bridgehead atoms. The Morgan fingerprint density at radius 2 is 1.97 bits per heavy atom. The van der Waals surface area contributed by atoms with Gasteiger partial charge in [0.05, 0.1) is 19.3 Å². The van der Waals surface area contributed by atoms with Crippen molar-refractivity contribution in [2.75, 3.05) is 20.2 Å². The summed E-state index contributed by atoms with van der Waals surface area (Å²) >= 11 is 6.38. The largest absolute Gasteiger partial charge is 0.497 e. The molecule has 5 aliphatic rings. The van der Waals surface area contributed by atoms with Crippen LogP contribution in [0.4, 0.5) is 4.39 Å². The third-order valence-corrected chi connectivity index (χ3v) is 8.38. The lowest BCUT2D eigenvalue weighted by molar-refractivity contribution is -0.100. The predicted octanol–water partition coefficient (Wildman–Crippen LogP) is 3.85. The minimum absolute atomic E-state index is 0.0939. The maximum atomic E-state index is 13.6. The van der Waals surface area contributed by atoms with E-state index in [-0.39, 0.29) is 12.0 Å². The monoisotopic (exact) mass is 482 g/mol. The fourth-order valence-corrected chi connectivity index (χ4v) is 6.58. The van der Waals surface area contributed by atoms with Crippen molar-refractivity contribution >= 4 is 11.6 Å². The van der Waals surface area contributed by atoms with Gasteiger partial charge in [0.2, 0.25) is 0 Å². The fraction of sp³-hybridized carbons (Fsp3) is 0.520. The van der Waals surface area contributed by atoms with E-state index in [9.17, 15) is 4.39 Å². The summed E-state index contributed by atoms with van der Waals surface area (Å²) in [5.41, 5.74) is 2.73. The summed E-state index contributed by atoms with van der Waals surface area (Å²) < 4.78 is 21.3. The Morgan fingerprint density at radius 1 is 1.15 bits per heavy atom. The summed E-state index contributed by atoms with van der Waals surface area (Å²) in [5.74, 6) is 2.84. The van der Waals surface area contributed by atoms with Crippen molar-refractivity contribution in [3.8, 4) is 5.69 Å². The molecule has 7 nitrogen and oxygen atoms in total. The number of hydrogen-bond acceptors (Lipinski definition) is 6. The van der Waals surface area contributed by atoms with E-state index in [1.165, 1.54) is 36.4 Å². The standard InChI is InChI=1S/C25H28ClFN6O/c1-34-21-7-18(27)10-28-24(21)32-13-25(14-32)8-16(9-25)23-30-29-22-12-31(19-3-4-19)11-15-6-17(26)2-5-20(15)33(22)23/h2,5-7,10,16,19,24,28H,3-4,8-9,11-14H2,1H3. The number of halogens is 2. The molecule has 3 fully saturated rings. The molecule has 2 aliphatic carbocycles. The van der Waals surface area contributed by atoms with Crippen LogP contribution in [0.2, 0.25) is 5.02 Å². The number of benzene rings is 1. The van der Waals surface area contributed by atoms with Crippen molar-refractivity contribution < 1.29 is 9.13 Å². The summed E-state index contributed by atoms with van der Waals surface area (Å²) in [7, 11) is 1.60. The van der Waals surface area contributed by atoms with Crippen molar-refractivity contribution in [3.63, 3.8) is 0 Å². The Morgan fingerprint density at radius 3 is 2.74 bits per heavy atom. The molecule has 9 heteroatoms. The molecule has 7 rings (SSSR count). The molecular weight excluding hydrogens is 455 g/mol. The average molecular weight is 483 g/mol. The van der Waals surface area contributed by atoms with Crippen LogP contribution in [0.25, 0.3) is 5.69 Å². The highest BCUT2D eigenvalue weighted by Gasteiger charge is 2.56. The second-order valence-corrected chi connectivity index (χ2v) is 11.0. The third-order valence-electron chi connectivity index (χ3n) is 8.15. The molecule has 1 unspecified atom stereocenters. The Bertz CT molecular complexity index is 1210. The van der Waals surface area contributed by atoms with E-state index in [1.54, 1.807) is 7.11 Å². The molecule has 1 aromatic heterocycles. The second-order valence-electron chi connectivity index (χ2n) is 10.6. The number of methoxy groups -OCH3 is 1. The van der Waals surface area contributed by atoms with Crippen LogP contribution in [0.1, 0.15) is 48.8 Å². The lowest BCUT2D eigenvalue weighted by atomic mass is 9.57. The molecule has 4 heterocycles. The quantitative estimate of drug-likeness (QED) is 0.714. The van der Waals surface area contributed by atoms with Gasteiger partial charge in [-0.05, 0) is 54.9 Å². The van der Waals surface area contributed by atoms with Crippen LogP contribution in [0, 0.1) is 5.41 Å². The van der Waals surface area contributed by atoms with Crippen LogP contribution >= 0.6 is 11.6 Å². The molecule has 0 radical (unpaired) electrons. The zero-order valence-corrected chi connectivity index (χ0v) is 19.9. The summed E-state index contributed by atoms with van der Waals surface area (Å²) in [6.45, 7) is 3.69. The zero-order valence-electron chi connectivity index (χ0n) is 19.2. The van der Waals surface area contributed by atoms with Crippen LogP contribution in [-0.4, -0.2) is 57.0 Å². The molecule has 2 aromatic rings. The molecule has 178 valence electrons. The van der Waals surface area contributed by atoms with E-state index in [4.69, 9.17) is 21.4 Å². The number of nitrogens with zero attached hydrogens (tertiary/aromatic N) is 5. The van der Waals surface area contributed by atoms with Crippen molar-refractivity contribution in [1.29, 1.82) is 0 Å². The highest BCUT2D eigenvalue weighted by atomic mass is 35.5. The van der Waals surface area contributed by atoms with E-state index >= 15 is 0 Å². The van der Waals surface area contributed by atoms with E-state index in [0.29, 0.717) is 23.1 Å². The maximum Gasteiger partial charge on any atom is 0.151 e. The number of hydrogen-bond donors (Lipinski definition) is 1. The highest BCUT2D eigenvalue weighted by Crippen LogP contribution is 2.56. The van der Waals surface area contributed by atoms with Crippen molar-refractivity contribution in [3.05, 3.63) is 64.3 Å². The Hall–Kier alpha value is -2.42. The van der Waals surface area contributed by atoms with E-state index in [0.717, 1.165) is 55.7 Å². The van der Waals surface area contributed by atoms with Crippen LogP contribution < -0.4 is 5.32 Å². The number of dihydropyridines is 1. The van der Waals surface area contributed by atoms with Crippen molar-refractivity contribution in [2.45, 2.75) is 56.9 Å². The highest BCUT2D eigenvalue weighted by molar-refractivity contribution is 6.30. The first-order chi connectivity index (χ1) is 16.5. The van der Waals surface area contributed by atoms with E-state index in [2.05, 4.69) is 36.9 Å².